The Hall–Kier alpha value is -4.00. The van der Waals surface area contributed by atoms with Gasteiger partial charge in [-0.25, -0.2) is 18.7 Å². The number of nitrogens with zero attached hydrogens (tertiary/aromatic N) is 4. The highest BCUT2D eigenvalue weighted by atomic mass is 19.1. The lowest BCUT2D eigenvalue weighted by Crippen LogP contribution is -2.23. The van der Waals surface area contributed by atoms with Gasteiger partial charge < -0.3 is 0 Å². The first-order valence-electron chi connectivity index (χ1n) is 9.23. The van der Waals surface area contributed by atoms with Crippen molar-refractivity contribution in [2.24, 2.45) is 0 Å². The molecule has 5 nitrogen and oxygen atoms in total. The Morgan fingerprint density at radius 2 is 1.60 bits per heavy atom. The van der Waals surface area contributed by atoms with Gasteiger partial charge in [-0.05, 0) is 42.0 Å². The average molecular weight is 400 g/mol. The zero-order valence-electron chi connectivity index (χ0n) is 15.6. The van der Waals surface area contributed by atoms with Gasteiger partial charge in [0.25, 0.3) is 5.56 Å². The Kier molecular flexibility index (Phi) is 4.28. The maximum Gasteiger partial charge on any atom is 0.280 e. The van der Waals surface area contributed by atoms with E-state index in [1.165, 1.54) is 24.7 Å². The predicted molar refractivity (Wildman–Crippen MR) is 110 cm³/mol. The van der Waals surface area contributed by atoms with Gasteiger partial charge in [0.05, 0.1) is 23.9 Å². The number of benzene rings is 2. The van der Waals surface area contributed by atoms with Crippen LogP contribution < -0.4 is 5.56 Å². The molecule has 146 valence electrons. The number of hydrogen-bond acceptors (Lipinski definition) is 4. The molecule has 3 aromatic heterocycles. The highest BCUT2D eigenvalue weighted by Crippen LogP contribution is 2.26. The van der Waals surface area contributed by atoms with Crippen molar-refractivity contribution in [3.63, 3.8) is 0 Å². The number of halogens is 2. The zero-order valence-corrected chi connectivity index (χ0v) is 15.6. The van der Waals surface area contributed by atoms with Crippen LogP contribution in [0.2, 0.25) is 0 Å². The lowest BCUT2D eigenvalue weighted by Gasteiger charge is -2.11. The summed E-state index contributed by atoms with van der Waals surface area (Å²) >= 11 is 0. The van der Waals surface area contributed by atoms with Gasteiger partial charge in [-0.15, -0.1) is 0 Å². The van der Waals surface area contributed by atoms with E-state index in [1.807, 2.05) is 30.3 Å². The minimum absolute atomic E-state index is 0.152. The molecule has 0 N–H and O–H groups in total. The largest absolute Gasteiger partial charge is 0.293 e. The van der Waals surface area contributed by atoms with Crippen molar-refractivity contribution < 1.29 is 8.78 Å². The molecular weight excluding hydrogens is 386 g/mol. The summed E-state index contributed by atoms with van der Waals surface area (Å²) in [5.41, 5.74) is 1.69. The van der Waals surface area contributed by atoms with E-state index >= 15 is 0 Å². The van der Waals surface area contributed by atoms with Crippen LogP contribution in [0, 0.1) is 11.6 Å². The second-order valence-electron chi connectivity index (χ2n) is 6.88. The second kappa shape index (κ2) is 7.11. The van der Waals surface area contributed by atoms with Crippen molar-refractivity contribution in [3.05, 3.63) is 101 Å². The fourth-order valence-electron chi connectivity index (χ4n) is 3.42. The van der Waals surface area contributed by atoms with E-state index in [9.17, 15) is 13.6 Å². The monoisotopic (exact) mass is 400 g/mol. The van der Waals surface area contributed by atoms with Crippen molar-refractivity contribution in [2.75, 3.05) is 0 Å². The van der Waals surface area contributed by atoms with E-state index in [2.05, 4.69) is 15.0 Å². The van der Waals surface area contributed by atoms with E-state index in [1.54, 1.807) is 18.3 Å². The second-order valence-corrected chi connectivity index (χ2v) is 6.88. The molecule has 0 amide bonds. The molecule has 0 bridgehead atoms. The summed E-state index contributed by atoms with van der Waals surface area (Å²) < 4.78 is 30.8. The fraction of sp³-hybridized carbons (Fsp3) is 0.0435. The Labute approximate surface area is 169 Å². The van der Waals surface area contributed by atoms with Crippen LogP contribution in [0.15, 0.2) is 78.1 Å². The molecule has 0 atom stereocenters. The third-order valence-electron chi connectivity index (χ3n) is 4.98. The van der Waals surface area contributed by atoms with Gasteiger partial charge in [0.1, 0.15) is 11.6 Å². The minimum Gasteiger partial charge on any atom is -0.293 e. The van der Waals surface area contributed by atoms with Crippen LogP contribution in [0.4, 0.5) is 8.78 Å². The zero-order chi connectivity index (χ0) is 20.7. The summed E-state index contributed by atoms with van der Waals surface area (Å²) in [4.78, 5) is 25.1. The summed E-state index contributed by atoms with van der Waals surface area (Å²) in [5, 5.41) is 0.876. The first-order valence-corrected chi connectivity index (χ1v) is 9.23. The first kappa shape index (κ1) is 18.1. The molecule has 0 aliphatic carbocycles. The lowest BCUT2D eigenvalue weighted by atomic mass is 10.0. The van der Waals surface area contributed by atoms with Crippen LogP contribution in [0.25, 0.3) is 33.1 Å². The lowest BCUT2D eigenvalue weighted by molar-refractivity contribution is 0.541. The highest BCUT2D eigenvalue weighted by molar-refractivity contribution is 5.83. The molecule has 0 saturated heterocycles. The molecule has 2 aromatic carbocycles. The number of aromatic nitrogens is 4. The van der Waals surface area contributed by atoms with E-state index in [4.69, 9.17) is 0 Å². The molecule has 5 aromatic rings. The van der Waals surface area contributed by atoms with Gasteiger partial charge in [0.15, 0.2) is 5.52 Å². The summed E-state index contributed by atoms with van der Waals surface area (Å²) in [7, 11) is 0. The number of rotatable bonds is 3. The molecule has 0 fully saturated rings. The Balaban J connectivity index is 1.54. The van der Waals surface area contributed by atoms with E-state index < -0.39 is 17.2 Å². The molecular formula is C23H14F2N4O. The van der Waals surface area contributed by atoms with Crippen molar-refractivity contribution in [1.82, 2.24) is 19.5 Å². The average Bonchev–Trinajstić information content (AvgIpc) is 2.77. The van der Waals surface area contributed by atoms with Crippen LogP contribution in [-0.4, -0.2) is 19.5 Å². The minimum atomic E-state index is -0.744. The smallest absolute Gasteiger partial charge is 0.280 e. The first-order chi connectivity index (χ1) is 14.6. The van der Waals surface area contributed by atoms with Gasteiger partial charge in [0.2, 0.25) is 0 Å². The van der Waals surface area contributed by atoms with Crippen molar-refractivity contribution in [1.29, 1.82) is 0 Å². The topological polar surface area (TPSA) is 60.7 Å². The standard InChI is InChI=1S/C23H14F2N4O/c24-18-9-15(16-8-14-4-1-2-5-20(14)27-11-16)10-19(25)17(18)12-29-13-28-21-6-3-7-26-22(21)23(29)30/h1-11,13H,12H2. The predicted octanol–water partition coefficient (Wildman–Crippen LogP) is 4.33. The molecule has 5 rings (SSSR count). The van der Waals surface area contributed by atoms with Crippen LogP contribution in [-0.2, 0) is 6.54 Å². The Morgan fingerprint density at radius 1 is 0.833 bits per heavy atom. The molecule has 0 spiro atoms. The van der Waals surface area contributed by atoms with Gasteiger partial charge in [-0.3, -0.25) is 14.3 Å². The number of hydrogen-bond donors (Lipinski definition) is 0. The molecule has 0 unspecified atom stereocenters. The molecule has 3 heterocycles. The van der Waals surface area contributed by atoms with Gasteiger partial charge in [-0.2, -0.15) is 0 Å². The fourth-order valence-corrected chi connectivity index (χ4v) is 3.42. The normalized spacial score (nSPS) is 11.3. The molecule has 7 heteroatoms. The Morgan fingerprint density at radius 3 is 2.43 bits per heavy atom. The summed E-state index contributed by atoms with van der Waals surface area (Å²) in [5.74, 6) is -1.49. The number of pyridine rings is 2. The molecule has 0 aliphatic rings. The third kappa shape index (κ3) is 3.10. The molecule has 0 radical (unpaired) electrons. The van der Waals surface area contributed by atoms with Crippen LogP contribution in [0.1, 0.15) is 5.56 Å². The highest BCUT2D eigenvalue weighted by Gasteiger charge is 2.15. The quantitative estimate of drug-likeness (QED) is 0.452. The SMILES string of the molecule is O=c1c2ncccc2ncn1Cc1c(F)cc(-c2cnc3ccccc3c2)cc1F. The summed E-state index contributed by atoms with van der Waals surface area (Å²) in [6.45, 7) is -0.285. The number of para-hydroxylation sites is 1. The molecule has 0 saturated carbocycles. The van der Waals surface area contributed by atoms with Gasteiger partial charge in [0, 0.05) is 28.9 Å². The maximum absolute atomic E-state index is 14.8. The molecule has 30 heavy (non-hydrogen) atoms. The van der Waals surface area contributed by atoms with E-state index in [0.717, 1.165) is 15.5 Å². The van der Waals surface area contributed by atoms with Crippen LogP contribution >= 0.6 is 0 Å². The summed E-state index contributed by atoms with van der Waals surface area (Å²) in [6.07, 6.45) is 4.33. The van der Waals surface area contributed by atoms with Crippen molar-refractivity contribution in [3.8, 4) is 11.1 Å². The van der Waals surface area contributed by atoms with Crippen LogP contribution in [0.5, 0.6) is 0 Å². The van der Waals surface area contributed by atoms with Gasteiger partial charge in [-0.1, -0.05) is 18.2 Å². The Bertz CT molecular complexity index is 1460. The van der Waals surface area contributed by atoms with E-state index in [-0.39, 0.29) is 17.6 Å². The van der Waals surface area contributed by atoms with Crippen molar-refractivity contribution in [2.45, 2.75) is 6.54 Å². The molecule has 0 aliphatic heterocycles. The van der Waals surface area contributed by atoms with Crippen molar-refractivity contribution >= 4 is 21.9 Å². The summed E-state index contributed by atoms with van der Waals surface area (Å²) in [6, 6.07) is 15.2. The maximum atomic E-state index is 14.8. The van der Waals surface area contributed by atoms with Gasteiger partial charge >= 0.3 is 0 Å². The van der Waals surface area contributed by atoms with E-state index in [0.29, 0.717) is 16.6 Å². The number of fused-ring (bicyclic) bond motifs is 2. The third-order valence-corrected chi connectivity index (χ3v) is 4.98. The van der Waals surface area contributed by atoms with Crippen LogP contribution in [0.3, 0.4) is 0 Å².